The summed E-state index contributed by atoms with van der Waals surface area (Å²) in [4.78, 5) is 8.89. The Morgan fingerprint density at radius 2 is 1.80 bits per heavy atom. The zero-order valence-electron chi connectivity index (χ0n) is 10.7. The Hall–Kier alpha value is -1.84. The summed E-state index contributed by atoms with van der Waals surface area (Å²) in [6, 6.07) is 11.2. The Balaban J connectivity index is 2.33. The van der Waals surface area contributed by atoms with Gasteiger partial charge in [0.25, 0.3) is 0 Å². The second-order valence-corrected chi connectivity index (χ2v) is 5.37. The van der Waals surface area contributed by atoms with Gasteiger partial charge < -0.3 is 5.73 Å². The molecule has 0 aliphatic carbocycles. The molecule has 0 atom stereocenters. The van der Waals surface area contributed by atoms with Gasteiger partial charge in [-0.3, -0.25) is 0 Å². The van der Waals surface area contributed by atoms with E-state index in [2.05, 4.69) is 9.97 Å². The molecule has 3 aromatic rings. The number of halogens is 2. The lowest BCUT2D eigenvalue weighted by molar-refractivity contribution is 1.22. The van der Waals surface area contributed by atoms with Crippen LogP contribution in [0, 0.1) is 6.92 Å². The first-order valence-corrected chi connectivity index (χ1v) is 6.80. The minimum absolute atomic E-state index is 0.373. The molecule has 0 unspecified atom stereocenters. The molecule has 2 aromatic carbocycles. The van der Waals surface area contributed by atoms with Crippen molar-refractivity contribution in [3.63, 3.8) is 0 Å². The van der Waals surface area contributed by atoms with E-state index in [-0.39, 0.29) is 0 Å². The van der Waals surface area contributed by atoms with Gasteiger partial charge in [0.05, 0.1) is 10.5 Å². The van der Waals surface area contributed by atoms with E-state index in [0.29, 0.717) is 32.6 Å². The van der Waals surface area contributed by atoms with Gasteiger partial charge in [0.1, 0.15) is 5.82 Å². The average molecular weight is 304 g/mol. The van der Waals surface area contributed by atoms with Gasteiger partial charge in [-0.05, 0) is 24.6 Å². The molecule has 0 aliphatic rings. The van der Waals surface area contributed by atoms with Gasteiger partial charge in [-0.2, -0.15) is 0 Å². The summed E-state index contributed by atoms with van der Waals surface area (Å²) in [5.41, 5.74) is 8.64. The van der Waals surface area contributed by atoms with E-state index in [9.17, 15) is 0 Å². The van der Waals surface area contributed by atoms with E-state index >= 15 is 0 Å². The summed E-state index contributed by atoms with van der Waals surface area (Å²) in [7, 11) is 0. The third kappa shape index (κ3) is 2.19. The molecule has 1 heterocycles. The molecule has 0 radical (unpaired) electrons. The zero-order valence-corrected chi connectivity index (χ0v) is 12.2. The number of aryl methyl sites for hydroxylation is 1. The monoisotopic (exact) mass is 303 g/mol. The van der Waals surface area contributed by atoms with Crippen LogP contribution >= 0.6 is 23.2 Å². The van der Waals surface area contributed by atoms with Crippen LogP contribution in [0.25, 0.3) is 22.3 Å². The molecule has 2 N–H and O–H groups in total. The second-order valence-electron chi connectivity index (χ2n) is 4.53. The number of nitrogens with zero attached hydrogens (tertiary/aromatic N) is 2. The van der Waals surface area contributed by atoms with Crippen molar-refractivity contribution < 1.29 is 0 Å². The van der Waals surface area contributed by atoms with Crippen molar-refractivity contribution in [3.05, 3.63) is 52.0 Å². The molecule has 0 saturated carbocycles. The highest BCUT2D eigenvalue weighted by Gasteiger charge is 2.12. The number of hydrogen-bond acceptors (Lipinski definition) is 3. The Kier molecular flexibility index (Phi) is 3.24. The maximum Gasteiger partial charge on any atom is 0.162 e. The van der Waals surface area contributed by atoms with E-state index in [0.717, 1.165) is 11.1 Å². The van der Waals surface area contributed by atoms with Gasteiger partial charge in [-0.25, -0.2) is 9.97 Å². The van der Waals surface area contributed by atoms with Gasteiger partial charge in [0.2, 0.25) is 0 Å². The molecular formula is C15H11Cl2N3. The lowest BCUT2D eigenvalue weighted by Gasteiger charge is -2.09. The predicted molar refractivity (Wildman–Crippen MR) is 84.1 cm³/mol. The van der Waals surface area contributed by atoms with Crippen LogP contribution < -0.4 is 5.73 Å². The minimum atomic E-state index is 0.373. The maximum atomic E-state index is 6.20. The van der Waals surface area contributed by atoms with E-state index in [1.165, 1.54) is 0 Å². The van der Waals surface area contributed by atoms with E-state index < -0.39 is 0 Å². The Morgan fingerprint density at radius 3 is 2.55 bits per heavy atom. The fraction of sp³-hybridized carbons (Fsp3) is 0.0667. The first kappa shape index (κ1) is 13.2. The van der Waals surface area contributed by atoms with Gasteiger partial charge in [0.15, 0.2) is 5.82 Å². The number of nitrogens with two attached hydrogens (primary N) is 1. The van der Waals surface area contributed by atoms with Crippen LogP contribution in [0.5, 0.6) is 0 Å². The highest BCUT2D eigenvalue weighted by Crippen LogP contribution is 2.31. The minimum Gasteiger partial charge on any atom is -0.383 e. The highest BCUT2D eigenvalue weighted by atomic mass is 35.5. The molecule has 20 heavy (non-hydrogen) atoms. The third-order valence-electron chi connectivity index (χ3n) is 3.13. The SMILES string of the molecule is Cc1ccccc1-c1nc(N)c2cc(Cl)cc(Cl)c2n1. The van der Waals surface area contributed by atoms with Crippen LogP contribution in [-0.4, -0.2) is 9.97 Å². The number of rotatable bonds is 1. The van der Waals surface area contributed by atoms with Crippen molar-refractivity contribution >= 4 is 39.9 Å². The largest absolute Gasteiger partial charge is 0.383 e. The standard InChI is InChI=1S/C15H11Cl2N3/c1-8-4-2-3-5-10(8)15-19-13-11(14(18)20-15)6-9(16)7-12(13)17/h2-7H,1H3,(H2,18,19,20). The molecule has 3 nitrogen and oxygen atoms in total. The van der Waals surface area contributed by atoms with Crippen LogP contribution in [-0.2, 0) is 0 Å². The number of benzene rings is 2. The molecule has 0 amide bonds. The van der Waals surface area contributed by atoms with Crippen LogP contribution in [0.3, 0.4) is 0 Å². The van der Waals surface area contributed by atoms with Crippen molar-refractivity contribution in [3.8, 4) is 11.4 Å². The summed E-state index contributed by atoms with van der Waals surface area (Å²) < 4.78 is 0. The van der Waals surface area contributed by atoms with E-state index in [4.69, 9.17) is 28.9 Å². The normalized spacial score (nSPS) is 10.9. The van der Waals surface area contributed by atoms with Gasteiger partial charge in [0, 0.05) is 16.0 Å². The van der Waals surface area contributed by atoms with Gasteiger partial charge >= 0.3 is 0 Å². The van der Waals surface area contributed by atoms with Crippen LogP contribution in [0.4, 0.5) is 5.82 Å². The molecule has 0 fully saturated rings. The number of aromatic nitrogens is 2. The number of fused-ring (bicyclic) bond motifs is 1. The van der Waals surface area contributed by atoms with Crippen molar-refractivity contribution in [1.29, 1.82) is 0 Å². The summed E-state index contributed by atoms with van der Waals surface area (Å²) in [5, 5.41) is 1.65. The molecule has 5 heteroatoms. The Bertz CT molecular complexity index is 816. The summed E-state index contributed by atoms with van der Waals surface area (Å²) in [6.07, 6.45) is 0. The molecule has 0 spiro atoms. The molecule has 0 aliphatic heterocycles. The first-order chi connectivity index (χ1) is 9.56. The number of hydrogen-bond donors (Lipinski definition) is 1. The van der Waals surface area contributed by atoms with E-state index in [1.54, 1.807) is 12.1 Å². The van der Waals surface area contributed by atoms with Crippen molar-refractivity contribution in [2.24, 2.45) is 0 Å². The van der Waals surface area contributed by atoms with Crippen LogP contribution in [0.2, 0.25) is 10.0 Å². The second kappa shape index (κ2) is 4.93. The summed E-state index contributed by atoms with van der Waals surface area (Å²) >= 11 is 12.2. The number of anilines is 1. The lowest BCUT2D eigenvalue weighted by atomic mass is 10.1. The molecular weight excluding hydrogens is 293 g/mol. The lowest BCUT2D eigenvalue weighted by Crippen LogP contribution is -1.99. The summed E-state index contributed by atoms with van der Waals surface area (Å²) in [6.45, 7) is 2.00. The van der Waals surface area contributed by atoms with Crippen molar-refractivity contribution in [1.82, 2.24) is 9.97 Å². The third-order valence-corrected chi connectivity index (χ3v) is 3.64. The first-order valence-electron chi connectivity index (χ1n) is 6.04. The average Bonchev–Trinajstić information content (AvgIpc) is 2.40. The zero-order chi connectivity index (χ0) is 14.3. The van der Waals surface area contributed by atoms with Crippen molar-refractivity contribution in [2.45, 2.75) is 6.92 Å². The highest BCUT2D eigenvalue weighted by molar-refractivity contribution is 6.38. The number of nitrogen functional groups attached to an aromatic ring is 1. The van der Waals surface area contributed by atoms with Gasteiger partial charge in [-0.15, -0.1) is 0 Å². The van der Waals surface area contributed by atoms with E-state index in [1.807, 2.05) is 31.2 Å². The fourth-order valence-corrected chi connectivity index (χ4v) is 2.66. The smallest absolute Gasteiger partial charge is 0.162 e. The molecule has 3 rings (SSSR count). The molecule has 0 saturated heterocycles. The molecule has 100 valence electrons. The predicted octanol–water partition coefficient (Wildman–Crippen LogP) is 4.49. The maximum absolute atomic E-state index is 6.20. The van der Waals surface area contributed by atoms with Crippen molar-refractivity contribution in [2.75, 3.05) is 5.73 Å². The van der Waals surface area contributed by atoms with Gasteiger partial charge in [-0.1, -0.05) is 47.5 Å². The molecule has 1 aromatic heterocycles. The summed E-state index contributed by atoms with van der Waals surface area (Å²) in [5.74, 6) is 0.940. The fourth-order valence-electron chi connectivity index (χ4n) is 2.12. The quantitative estimate of drug-likeness (QED) is 0.720. The Labute approximate surface area is 126 Å². The molecule has 0 bridgehead atoms. The topological polar surface area (TPSA) is 51.8 Å². The van der Waals surface area contributed by atoms with Crippen LogP contribution in [0.15, 0.2) is 36.4 Å². The Morgan fingerprint density at radius 1 is 1.05 bits per heavy atom. The van der Waals surface area contributed by atoms with Crippen LogP contribution in [0.1, 0.15) is 5.56 Å².